The molecule has 0 spiro atoms. The van der Waals surface area contributed by atoms with Crippen LogP contribution in [-0.2, 0) is 30.3 Å². The summed E-state index contributed by atoms with van der Waals surface area (Å²) in [5, 5.41) is 8.55. The summed E-state index contributed by atoms with van der Waals surface area (Å²) in [5.41, 5.74) is 0.913. The summed E-state index contributed by atoms with van der Waals surface area (Å²) in [7, 11) is 0. The van der Waals surface area contributed by atoms with Gasteiger partial charge in [0.1, 0.15) is 6.04 Å². The van der Waals surface area contributed by atoms with E-state index in [0.29, 0.717) is 32.2 Å². The van der Waals surface area contributed by atoms with Crippen molar-refractivity contribution in [2.24, 2.45) is 11.8 Å². The molecule has 0 unspecified atom stereocenters. The van der Waals surface area contributed by atoms with Gasteiger partial charge in [0.15, 0.2) is 0 Å². The smallest absolute Gasteiger partial charge is 0.330 e. The lowest BCUT2D eigenvalue weighted by atomic mass is 9.97. The van der Waals surface area contributed by atoms with Crippen LogP contribution in [0.5, 0.6) is 0 Å². The maximum Gasteiger partial charge on any atom is 0.330 e. The minimum Gasteiger partial charge on any atom is -0.463 e. The first-order chi connectivity index (χ1) is 15.8. The molecule has 33 heavy (non-hydrogen) atoms. The molecule has 2 rings (SSSR count). The third kappa shape index (κ3) is 9.47. The molecule has 0 aliphatic carbocycles. The summed E-state index contributed by atoms with van der Waals surface area (Å²) in [4.78, 5) is 49.5. The summed E-state index contributed by atoms with van der Waals surface area (Å²) in [6.07, 6.45) is 4.48. The molecule has 8 heteroatoms. The van der Waals surface area contributed by atoms with E-state index in [9.17, 15) is 19.2 Å². The molecule has 0 bridgehead atoms. The molecular weight excluding hydrogens is 422 g/mol. The van der Waals surface area contributed by atoms with E-state index in [2.05, 4.69) is 16.0 Å². The number of benzene rings is 1. The number of rotatable bonds is 12. The fraction of sp³-hybridized carbons (Fsp3) is 0.520. The van der Waals surface area contributed by atoms with E-state index in [0.717, 1.165) is 5.56 Å². The van der Waals surface area contributed by atoms with Gasteiger partial charge in [0.05, 0.1) is 6.61 Å². The van der Waals surface area contributed by atoms with Gasteiger partial charge in [0.2, 0.25) is 17.7 Å². The Kier molecular flexibility index (Phi) is 10.6. The van der Waals surface area contributed by atoms with Crippen LogP contribution in [0.15, 0.2) is 42.5 Å². The first kappa shape index (κ1) is 26.1. The molecule has 3 atom stereocenters. The van der Waals surface area contributed by atoms with E-state index in [1.54, 1.807) is 13.0 Å². The van der Waals surface area contributed by atoms with Crippen LogP contribution in [0.1, 0.15) is 45.6 Å². The zero-order chi connectivity index (χ0) is 24.2. The highest BCUT2D eigenvalue weighted by Gasteiger charge is 2.29. The van der Waals surface area contributed by atoms with Crippen LogP contribution in [0.2, 0.25) is 0 Å². The molecule has 3 amide bonds. The predicted octanol–water partition coefficient (Wildman–Crippen LogP) is 1.89. The van der Waals surface area contributed by atoms with Gasteiger partial charge in [-0.25, -0.2) is 4.79 Å². The zero-order valence-electron chi connectivity index (χ0n) is 19.6. The van der Waals surface area contributed by atoms with Gasteiger partial charge >= 0.3 is 5.97 Å². The van der Waals surface area contributed by atoms with Crippen LogP contribution < -0.4 is 16.0 Å². The Bertz CT molecular complexity index is 838. The van der Waals surface area contributed by atoms with Crippen molar-refractivity contribution in [1.29, 1.82) is 0 Å². The molecule has 1 fully saturated rings. The third-order valence-electron chi connectivity index (χ3n) is 5.31. The number of hydrogen-bond acceptors (Lipinski definition) is 5. The van der Waals surface area contributed by atoms with Gasteiger partial charge in [-0.1, -0.05) is 50.3 Å². The average molecular weight is 458 g/mol. The van der Waals surface area contributed by atoms with Gasteiger partial charge in [-0.2, -0.15) is 0 Å². The number of hydrogen-bond donors (Lipinski definition) is 3. The van der Waals surface area contributed by atoms with Crippen LogP contribution in [0.25, 0.3) is 0 Å². The highest BCUT2D eigenvalue weighted by atomic mass is 16.5. The van der Waals surface area contributed by atoms with Crippen molar-refractivity contribution in [3.05, 3.63) is 48.0 Å². The molecule has 1 heterocycles. The summed E-state index contributed by atoms with van der Waals surface area (Å²) < 4.78 is 4.93. The monoisotopic (exact) mass is 457 g/mol. The van der Waals surface area contributed by atoms with E-state index in [1.165, 1.54) is 6.08 Å². The highest BCUT2D eigenvalue weighted by molar-refractivity contribution is 5.88. The molecule has 1 aliphatic heterocycles. The Balaban J connectivity index is 2.16. The number of ether oxygens (including phenoxy) is 1. The van der Waals surface area contributed by atoms with Crippen LogP contribution >= 0.6 is 0 Å². The molecule has 1 aromatic rings. The fourth-order valence-corrected chi connectivity index (χ4v) is 3.71. The molecule has 0 saturated carbocycles. The van der Waals surface area contributed by atoms with Gasteiger partial charge in [-0.15, -0.1) is 0 Å². The topological polar surface area (TPSA) is 114 Å². The molecule has 8 nitrogen and oxygen atoms in total. The molecule has 1 aromatic carbocycles. The van der Waals surface area contributed by atoms with Crippen molar-refractivity contribution in [1.82, 2.24) is 16.0 Å². The number of carbonyl (C=O) groups is 4. The lowest BCUT2D eigenvalue weighted by Crippen LogP contribution is -2.51. The largest absolute Gasteiger partial charge is 0.463 e. The normalized spacial score (nSPS) is 17.5. The minimum absolute atomic E-state index is 0.0649. The number of amides is 3. The Hall–Kier alpha value is -3.16. The highest BCUT2D eigenvalue weighted by Crippen LogP contribution is 2.17. The zero-order valence-corrected chi connectivity index (χ0v) is 19.6. The van der Waals surface area contributed by atoms with Crippen LogP contribution in [0.3, 0.4) is 0 Å². The van der Waals surface area contributed by atoms with E-state index in [4.69, 9.17) is 4.74 Å². The summed E-state index contributed by atoms with van der Waals surface area (Å²) in [6, 6.07) is 8.10. The second-order valence-electron chi connectivity index (χ2n) is 8.65. The molecule has 180 valence electrons. The van der Waals surface area contributed by atoms with Gasteiger partial charge < -0.3 is 20.7 Å². The Labute approximate surface area is 195 Å². The summed E-state index contributed by atoms with van der Waals surface area (Å²) in [6.45, 7) is 6.42. The lowest BCUT2D eigenvalue weighted by molar-refractivity contribution is -0.137. The fourth-order valence-electron chi connectivity index (χ4n) is 3.71. The summed E-state index contributed by atoms with van der Waals surface area (Å²) in [5.74, 6) is -1.25. The molecule has 0 aromatic heterocycles. The maximum absolute atomic E-state index is 13.2. The second-order valence-corrected chi connectivity index (χ2v) is 8.65. The van der Waals surface area contributed by atoms with Crippen LogP contribution in [-0.4, -0.2) is 48.9 Å². The average Bonchev–Trinajstić information content (AvgIpc) is 3.16. The third-order valence-corrected chi connectivity index (χ3v) is 5.31. The van der Waals surface area contributed by atoms with E-state index in [-0.39, 0.29) is 36.2 Å². The maximum atomic E-state index is 13.2. The Morgan fingerprint density at radius 3 is 2.52 bits per heavy atom. The quantitative estimate of drug-likeness (QED) is 0.328. The van der Waals surface area contributed by atoms with Crippen LogP contribution in [0.4, 0.5) is 0 Å². The van der Waals surface area contributed by atoms with E-state index < -0.39 is 18.1 Å². The molecule has 0 radical (unpaired) electrons. The SMILES string of the molecule is CCOC(=O)/C=C\[C@H](C[C@@H]1CCNC1=O)NC(=O)[C@H](Cc1ccccc1)NC(=O)CC(C)C. The van der Waals surface area contributed by atoms with Crippen molar-refractivity contribution in [3.8, 4) is 0 Å². The first-order valence-corrected chi connectivity index (χ1v) is 11.5. The summed E-state index contributed by atoms with van der Waals surface area (Å²) >= 11 is 0. The Morgan fingerprint density at radius 1 is 1.18 bits per heavy atom. The van der Waals surface area contributed by atoms with Crippen molar-refractivity contribution < 1.29 is 23.9 Å². The number of nitrogens with one attached hydrogen (secondary N) is 3. The lowest BCUT2D eigenvalue weighted by Gasteiger charge is -2.23. The predicted molar refractivity (Wildman–Crippen MR) is 125 cm³/mol. The molecule has 1 aliphatic rings. The van der Waals surface area contributed by atoms with Gasteiger partial charge in [-0.3, -0.25) is 14.4 Å². The van der Waals surface area contributed by atoms with E-state index in [1.807, 2.05) is 44.2 Å². The van der Waals surface area contributed by atoms with Crippen molar-refractivity contribution in [2.45, 2.75) is 58.5 Å². The van der Waals surface area contributed by atoms with Crippen molar-refractivity contribution >= 4 is 23.7 Å². The minimum atomic E-state index is -0.783. The van der Waals surface area contributed by atoms with E-state index >= 15 is 0 Å². The standard InChI is InChI=1S/C25H35N3O5/c1-4-33-23(30)11-10-20(16-19-12-13-26-24(19)31)27-25(32)21(28-22(29)14-17(2)3)15-18-8-6-5-7-9-18/h5-11,17,19-21H,4,12-16H2,1-3H3,(H,26,31)(H,27,32)(H,28,29)/b11-10-/t19-,20+,21-/m0/s1. The van der Waals surface area contributed by atoms with Crippen LogP contribution in [0, 0.1) is 11.8 Å². The van der Waals surface area contributed by atoms with Crippen molar-refractivity contribution in [2.75, 3.05) is 13.2 Å². The first-order valence-electron chi connectivity index (χ1n) is 11.5. The van der Waals surface area contributed by atoms with Gasteiger partial charge in [-0.05, 0) is 31.2 Å². The number of esters is 1. The number of carbonyl (C=O) groups excluding carboxylic acids is 4. The molecular formula is C25H35N3O5. The van der Waals surface area contributed by atoms with Gasteiger partial charge in [0.25, 0.3) is 0 Å². The Morgan fingerprint density at radius 2 is 1.91 bits per heavy atom. The second kappa shape index (κ2) is 13.4. The molecule has 1 saturated heterocycles. The van der Waals surface area contributed by atoms with Gasteiger partial charge in [0, 0.05) is 37.4 Å². The molecule has 3 N–H and O–H groups in total. The van der Waals surface area contributed by atoms with Crippen molar-refractivity contribution in [3.63, 3.8) is 0 Å².